The van der Waals surface area contributed by atoms with Gasteiger partial charge in [0.05, 0.1) is 17.9 Å². The van der Waals surface area contributed by atoms with Gasteiger partial charge in [0.15, 0.2) is 5.78 Å². The molecule has 0 amide bonds. The van der Waals surface area contributed by atoms with E-state index in [0.717, 1.165) is 38.5 Å². The first-order chi connectivity index (χ1) is 18.0. The second-order valence-electron chi connectivity index (χ2n) is 15.9. The predicted octanol–water partition coefficient (Wildman–Crippen LogP) is 6.20. The van der Waals surface area contributed by atoms with Crippen LogP contribution in [-0.2, 0) is 19.1 Å². The number of esters is 1. The fourth-order valence-electron chi connectivity index (χ4n) is 11.0. The number of aliphatic hydroxyl groups excluding tert-OH is 1. The van der Waals surface area contributed by atoms with Crippen LogP contribution >= 0.6 is 0 Å². The maximum atomic E-state index is 14.4. The number of ether oxygens (including phenoxy) is 1. The summed E-state index contributed by atoms with van der Waals surface area (Å²) in [4.78, 5) is 39.7. The lowest BCUT2D eigenvalue weighted by Crippen LogP contribution is -2.66. The molecule has 9 atom stereocenters. The summed E-state index contributed by atoms with van der Waals surface area (Å²) in [7, 11) is 0. The van der Waals surface area contributed by atoms with E-state index in [4.69, 9.17) is 4.74 Å². The number of carboxylic acids is 1. The topological polar surface area (TPSA) is 101 Å². The normalized spacial score (nSPS) is 48.5. The minimum Gasteiger partial charge on any atom is -0.481 e. The van der Waals surface area contributed by atoms with Gasteiger partial charge in [-0.25, -0.2) is 0 Å². The van der Waals surface area contributed by atoms with Crippen LogP contribution in [0.3, 0.4) is 0 Å². The molecule has 0 spiro atoms. The van der Waals surface area contributed by atoms with Gasteiger partial charge in [-0.3, -0.25) is 14.4 Å². The van der Waals surface area contributed by atoms with E-state index in [1.54, 1.807) is 0 Å². The fourth-order valence-corrected chi connectivity index (χ4v) is 11.0. The molecule has 6 nitrogen and oxygen atoms in total. The SMILES string of the molecule is CC1(C)[C@@H](C(=O)OCCO)CCC2(C)[C@H]3C(=O)C=C4C5C[C@@](C)(C(=O)O)CC[C@]5(C)CC[C@@]4(C)[C@]3(C)CC[C@@H]12. The van der Waals surface area contributed by atoms with Crippen molar-refractivity contribution in [3.8, 4) is 0 Å². The molecule has 39 heavy (non-hydrogen) atoms. The van der Waals surface area contributed by atoms with E-state index in [0.29, 0.717) is 19.3 Å². The van der Waals surface area contributed by atoms with Crippen LogP contribution in [0.4, 0.5) is 0 Å². The van der Waals surface area contributed by atoms with E-state index in [1.807, 2.05) is 13.0 Å². The number of rotatable bonds is 4. The number of ketones is 1. The predicted molar refractivity (Wildman–Crippen MR) is 149 cm³/mol. The van der Waals surface area contributed by atoms with Crippen molar-refractivity contribution < 1.29 is 29.3 Å². The first kappa shape index (κ1) is 28.8. The van der Waals surface area contributed by atoms with Crippen molar-refractivity contribution in [3.63, 3.8) is 0 Å². The lowest BCUT2D eigenvalue weighted by atomic mass is 9.33. The molecule has 218 valence electrons. The van der Waals surface area contributed by atoms with Gasteiger partial charge in [-0.2, -0.15) is 0 Å². The first-order valence-corrected chi connectivity index (χ1v) is 15.3. The summed E-state index contributed by atoms with van der Waals surface area (Å²) >= 11 is 0. The third-order valence-corrected chi connectivity index (χ3v) is 13.7. The van der Waals surface area contributed by atoms with Gasteiger partial charge >= 0.3 is 11.9 Å². The molecule has 0 aromatic heterocycles. The smallest absolute Gasteiger partial charge is 0.309 e. The average molecular weight is 543 g/mol. The van der Waals surface area contributed by atoms with Crippen molar-refractivity contribution in [3.05, 3.63) is 11.6 Å². The highest BCUT2D eigenvalue weighted by molar-refractivity contribution is 5.95. The molecular formula is C33H50O6. The van der Waals surface area contributed by atoms with Crippen LogP contribution in [0.2, 0.25) is 0 Å². The highest BCUT2D eigenvalue weighted by atomic mass is 16.5. The summed E-state index contributed by atoms with van der Waals surface area (Å²) in [5.41, 5.74) is -0.380. The van der Waals surface area contributed by atoms with Gasteiger partial charge in [0.1, 0.15) is 6.61 Å². The number of hydrogen-bond acceptors (Lipinski definition) is 5. The Balaban J connectivity index is 1.54. The zero-order valence-electron chi connectivity index (χ0n) is 25.2. The molecule has 0 saturated heterocycles. The third-order valence-electron chi connectivity index (χ3n) is 13.7. The molecule has 0 bridgehead atoms. The molecule has 0 heterocycles. The fraction of sp³-hybridized carbons (Fsp3) is 0.848. The van der Waals surface area contributed by atoms with Gasteiger partial charge in [0.2, 0.25) is 0 Å². The van der Waals surface area contributed by atoms with Crippen LogP contribution in [0.1, 0.15) is 106 Å². The number of carbonyl (C=O) groups is 3. The highest BCUT2D eigenvalue weighted by Crippen LogP contribution is 2.75. The number of allylic oxidation sites excluding steroid dienone is 2. The van der Waals surface area contributed by atoms with E-state index in [1.165, 1.54) is 5.57 Å². The molecular weight excluding hydrogens is 492 g/mol. The average Bonchev–Trinajstić information content (AvgIpc) is 2.84. The van der Waals surface area contributed by atoms with Gasteiger partial charge in [-0.05, 0) is 110 Å². The van der Waals surface area contributed by atoms with E-state index >= 15 is 0 Å². The molecule has 4 saturated carbocycles. The zero-order chi connectivity index (χ0) is 28.8. The summed E-state index contributed by atoms with van der Waals surface area (Å²) in [5, 5.41) is 19.3. The highest BCUT2D eigenvalue weighted by Gasteiger charge is 2.70. The van der Waals surface area contributed by atoms with E-state index in [9.17, 15) is 24.6 Å². The molecule has 6 heteroatoms. The van der Waals surface area contributed by atoms with Gasteiger partial charge in [-0.1, -0.05) is 47.1 Å². The number of aliphatic hydroxyl groups is 1. The number of fused-ring (bicyclic) bond motifs is 7. The van der Waals surface area contributed by atoms with Crippen molar-refractivity contribution in [2.24, 2.45) is 56.2 Å². The van der Waals surface area contributed by atoms with Crippen molar-refractivity contribution in [1.29, 1.82) is 0 Å². The summed E-state index contributed by atoms with van der Waals surface area (Å²) in [6, 6.07) is 0. The summed E-state index contributed by atoms with van der Waals surface area (Å²) in [5.74, 6) is -0.743. The monoisotopic (exact) mass is 542 g/mol. The molecule has 5 aliphatic rings. The Kier molecular flexibility index (Phi) is 6.58. The molecule has 5 aliphatic carbocycles. The maximum Gasteiger partial charge on any atom is 0.309 e. The molecule has 4 fully saturated rings. The van der Waals surface area contributed by atoms with Crippen LogP contribution in [0.15, 0.2) is 11.6 Å². The zero-order valence-corrected chi connectivity index (χ0v) is 25.2. The van der Waals surface area contributed by atoms with E-state index in [2.05, 4.69) is 41.5 Å². The van der Waals surface area contributed by atoms with E-state index in [-0.39, 0.29) is 75.7 Å². The summed E-state index contributed by atoms with van der Waals surface area (Å²) in [6.45, 7) is 15.5. The Bertz CT molecular complexity index is 1110. The molecule has 0 radical (unpaired) electrons. The maximum absolute atomic E-state index is 14.4. The quantitative estimate of drug-likeness (QED) is 0.410. The van der Waals surface area contributed by atoms with Crippen molar-refractivity contribution in [2.45, 2.75) is 106 Å². The summed E-state index contributed by atoms with van der Waals surface area (Å²) in [6.07, 6.45) is 9.69. The Morgan fingerprint density at radius 2 is 1.62 bits per heavy atom. The van der Waals surface area contributed by atoms with Crippen LogP contribution in [0.5, 0.6) is 0 Å². The second kappa shape index (κ2) is 8.90. The van der Waals surface area contributed by atoms with Crippen molar-refractivity contribution in [2.75, 3.05) is 13.2 Å². The van der Waals surface area contributed by atoms with Gasteiger partial charge in [0.25, 0.3) is 0 Å². The van der Waals surface area contributed by atoms with Gasteiger partial charge in [0, 0.05) is 5.92 Å². The Morgan fingerprint density at radius 1 is 0.949 bits per heavy atom. The van der Waals surface area contributed by atoms with Crippen LogP contribution in [0.25, 0.3) is 0 Å². The standard InChI is InChI=1S/C33H50O6/c1-28(2)20(26(36)39-17-16-34)8-10-31(5)24(28)9-11-33(7)25(31)23(35)18-21-22-19-30(4,27(37)38)13-12-29(22,3)14-15-32(21,33)6/h18,20,22,24-25,34H,8-17,19H2,1-7H3,(H,37,38)/t20-,22?,24+,25-,29-,30+,31?,32-,33-/m1/s1. The molecule has 2 unspecified atom stereocenters. The number of aliphatic carboxylic acids is 1. The number of carbonyl (C=O) groups excluding carboxylic acids is 2. The second-order valence-corrected chi connectivity index (χ2v) is 15.9. The van der Waals surface area contributed by atoms with Crippen molar-refractivity contribution >= 4 is 17.7 Å². The third kappa shape index (κ3) is 3.78. The summed E-state index contributed by atoms with van der Waals surface area (Å²) < 4.78 is 5.40. The molecule has 0 aromatic carbocycles. The lowest BCUT2D eigenvalue weighted by Gasteiger charge is -2.70. The minimum atomic E-state index is -0.749. The minimum absolute atomic E-state index is 0.0272. The number of hydrogen-bond donors (Lipinski definition) is 2. The lowest BCUT2D eigenvalue weighted by molar-refractivity contribution is -0.199. The van der Waals surface area contributed by atoms with Crippen LogP contribution in [0, 0.1) is 56.2 Å². The number of carboxylic acid groups (broad SMARTS) is 1. The van der Waals surface area contributed by atoms with E-state index < -0.39 is 11.4 Å². The molecule has 5 rings (SSSR count). The van der Waals surface area contributed by atoms with Gasteiger partial charge in [-0.15, -0.1) is 0 Å². The Morgan fingerprint density at radius 3 is 2.26 bits per heavy atom. The van der Waals surface area contributed by atoms with Crippen LogP contribution in [-0.4, -0.2) is 41.1 Å². The van der Waals surface area contributed by atoms with Crippen LogP contribution < -0.4 is 0 Å². The molecule has 0 aromatic rings. The molecule has 0 aliphatic heterocycles. The largest absolute Gasteiger partial charge is 0.481 e. The Labute approximate surface area is 234 Å². The Hall–Kier alpha value is -1.69. The van der Waals surface area contributed by atoms with Crippen molar-refractivity contribution in [1.82, 2.24) is 0 Å². The first-order valence-electron chi connectivity index (χ1n) is 15.3. The van der Waals surface area contributed by atoms with Gasteiger partial charge < -0.3 is 14.9 Å². The molecule has 2 N–H and O–H groups in total.